The highest BCUT2D eigenvalue weighted by Gasteiger charge is 2.26. The predicted octanol–water partition coefficient (Wildman–Crippen LogP) is 2.73. The highest BCUT2D eigenvalue weighted by Crippen LogP contribution is 2.40. The second kappa shape index (κ2) is 8.23. The van der Waals surface area contributed by atoms with E-state index in [-0.39, 0.29) is 0 Å². The summed E-state index contributed by atoms with van der Waals surface area (Å²) in [4.78, 5) is 20.7. The highest BCUT2D eigenvalue weighted by atomic mass is 32.1. The van der Waals surface area contributed by atoms with Crippen molar-refractivity contribution >= 4 is 33.2 Å². The number of aromatic nitrogens is 1. The summed E-state index contributed by atoms with van der Waals surface area (Å²) in [5.74, 6) is 0.342. The van der Waals surface area contributed by atoms with Gasteiger partial charge in [0.1, 0.15) is 27.7 Å². The van der Waals surface area contributed by atoms with Gasteiger partial charge in [-0.05, 0) is 34.6 Å². The number of thiophene rings is 1. The molecule has 1 aliphatic heterocycles. The summed E-state index contributed by atoms with van der Waals surface area (Å²) in [6.07, 6.45) is 0. The van der Waals surface area contributed by atoms with Gasteiger partial charge in [-0.15, -0.1) is 11.3 Å². The summed E-state index contributed by atoms with van der Waals surface area (Å²) in [6, 6.07) is 0. The van der Waals surface area contributed by atoms with E-state index < -0.39 is 11.6 Å². The molecule has 0 saturated carbocycles. The van der Waals surface area contributed by atoms with Crippen LogP contribution in [0.2, 0.25) is 0 Å². The number of esters is 1. The van der Waals surface area contributed by atoms with Crippen LogP contribution in [0.5, 0.6) is 5.75 Å². The predicted molar refractivity (Wildman–Crippen MR) is 113 cm³/mol. The van der Waals surface area contributed by atoms with E-state index in [0.717, 1.165) is 59.9 Å². The summed E-state index contributed by atoms with van der Waals surface area (Å²) >= 11 is 1.27. The summed E-state index contributed by atoms with van der Waals surface area (Å²) in [5, 5.41) is 4.14. The maximum Gasteiger partial charge on any atom is 0.351 e. The van der Waals surface area contributed by atoms with Gasteiger partial charge < -0.3 is 20.5 Å². The number of piperazine rings is 1. The first-order valence-corrected chi connectivity index (χ1v) is 10.5. The monoisotopic (exact) mass is 406 g/mol. The van der Waals surface area contributed by atoms with Crippen molar-refractivity contribution in [1.82, 2.24) is 15.2 Å². The lowest BCUT2D eigenvalue weighted by Gasteiger charge is -2.27. The minimum atomic E-state index is -0.573. The Kier molecular flexibility index (Phi) is 6.12. The van der Waals surface area contributed by atoms with Crippen molar-refractivity contribution in [2.24, 2.45) is 0 Å². The van der Waals surface area contributed by atoms with Crippen LogP contribution in [0.1, 0.15) is 41.7 Å². The highest BCUT2D eigenvalue weighted by molar-refractivity contribution is 7.21. The van der Waals surface area contributed by atoms with E-state index in [4.69, 9.17) is 15.2 Å². The largest absolute Gasteiger partial charge is 0.490 e. The molecule has 3 N–H and O–H groups in total. The molecule has 2 aromatic rings. The molecule has 154 valence electrons. The fourth-order valence-electron chi connectivity index (χ4n) is 3.36. The molecular weight excluding hydrogens is 376 g/mol. The van der Waals surface area contributed by atoms with Gasteiger partial charge in [0.15, 0.2) is 0 Å². The van der Waals surface area contributed by atoms with Crippen LogP contribution < -0.4 is 15.8 Å². The summed E-state index contributed by atoms with van der Waals surface area (Å²) < 4.78 is 11.6. The van der Waals surface area contributed by atoms with Gasteiger partial charge in [0.2, 0.25) is 0 Å². The molecule has 1 aliphatic rings. The van der Waals surface area contributed by atoms with Gasteiger partial charge in [0.25, 0.3) is 0 Å². The Morgan fingerprint density at radius 1 is 1.29 bits per heavy atom. The lowest BCUT2D eigenvalue weighted by Crippen LogP contribution is -2.44. The SMILES string of the molecule is Cc1nc2sc(C(=O)OC(C)(C)C)c(N)c2c(C)c1OCCN1CCNCC1. The Bertz CT molecular complexity index is 867. The number of carbonyl (C=O) groups is 1. The molecule has 0 amide bonds. The average Bonchev–Trinajstić information content (AvgIpc) is 2.94. The molecule has 0 unspecified atom stereocenters. The van der Waals surface area contributed by atoms with Crippen molar-refractivity contribution in [3.05, 3.63) is 16.1 Å². The number of carbonyl (C=O) groups excluding carboxylic acids is 1. The maximum absolute atomic E-state index is 12.5. The average molecular weight is 407 g/mol. The quantitative estimate of drug-likeness (QED) is 0.738. The normalized spacial score (nSPS) is 15.8. The second-order valence-electron chi connectivity index (χ2n) is 8.12. The van der Waals surface area contributed by atoms with Crippen LogP contribution in [0.3, 0.4) is 0 Å². The van der Waals surface area contributed by atoms with E-state index in [1.54, 1.807) is 0 Å². The zero-order valence-electron chi connectivity index (χ0n) is 17.3. The van der Waals surface area contributed by atoms with Gasteiger partial charge >= 0.3 is 5.97 Å². The molecule has 0 aromatic carbocycles. The number of fused-ring (bicyclic) bond motifs is 1. The van der Waals surface area contributed by atoms with Gasteiger partial charge in [-0.25, -0.2) is 9.78 Å². The Hall–Kier alpha value is -1.90. The molecular formula is C20H30N4O3S. The number of ether oxygens (including phenoxy) is 2. The summed E-state index contributed by atoms with van der Waals surface area (Å²) in [7, 11) is 0. The third-order valence-corrected chi connectivity index (χ3v) is 5.77. The van der Waals surface area contributed by atoms with E-state index in [0.29, 0.717) is 17.2 Å². The van der Waals surface area contributed by atoms with Crippen LogP contribution in [0.25, 0.3) is 10.2 Å². The molecule has 0 atom stereocenters. The van der Waals surface area contributed by atoms with Gasteiger partial charge in [0.05, 0.1) is 11.4 Å². The first-order chi connectivity index (χ1) is 13.2. The molecule has 1 fully saturated rings. The number of nitrogens with one attached hydrogen (secondary N) is 1. The van der Waals surface area contributed by atoms with E-state index in [1.165, 1.54) is 11.3 Å². The lowest BCUT2D eigenvalue weighted by molar-refractivity contribution is 0.00764. The Balaban J connectivity index is 1.82. The van der Waals surface area contributed by atoms with E-state index in [9.17, 15) is 4.79 Å². The molecule has 0 bridgehead atoms. The molecule has 28 heavy (non-hydrogen) atoms. The number of nitrogen functional groups attached to an aromatic ring is 1. The van der Waals surface area contributed by atoms with Gasteiger partial charge in [-0.3, -0.25) is 4.90 Å². The minimum Gasteiger partial charge on any atom is -0.490 e. The molecule has 3 heterocycles. The second-order valence-corrected chi connectivity index (χ2v) is 9.12. The zero-order chi connectivity index (χ0) is 20.5. The molecule has 8 heteroatoms. The van der Waals surface area contributed by atoms with Crippen LogP contribution in [0.4, 0.5) is 5.69 Å². The maximum atomic E-state index is 12.5. The number of pyridine rings is 1. The topological polar surface area (TPSA) is 89.7 Å². The minimum absolute atomic E-state index is 0.401. The van der Waals surface area contributed by atoms with Crippen LogP contribution in [-0.2, 0) is 4.74 Å². The smallest absolute Gasteiger partial charge is 0.351 e. The molecule has 0 radical (unpaired) electrons. The lowest BCUT2D eigenvalue weighted by atomic mass is 10.1. The van der Waals surface area contributed by atoms with Crippen molar-refractivity contribution in [3.8, 4) is 5.75 Å². The molecule has 3 rings (SSSR count). The van der Waals surface area contributed by atoms with Gasteiger partial charge in [0, 0.05) is 43.7 Å². The van der Waals surface area contributed by atoms with Crippen LogP contribution in [-0.4, -0.2) is 60.8 Å². The first-order valence-electron chi connectivity index (χ1n) is 9.66. The summed E-state index contributed by atoms with van der Waals surface area (Å²) in [6.45, 7) is 15.0. The van der Waals surface area contributed by atoms with Crippen molar-refractivity contribution in [1.29, 1.82) is 0 Å². The number of aryl methyl sites for hydroxylation is 2. The number of rotatable bonds is 5. The third-order valence-electron chi connectivity index (χ3n) is 4.69. The molecule has 2 aromatic heterocycles. The third kappa shape index (κ3) is 4.56. The Labute approximate surface area is 170 Å². The number of hydrogen-bond donors (Lipinski definition) is 2. The fraction of sp³-hybridized carbons (Fsp3) is 0.600. The standard InChI is InChI=1S/C20H30N4O3S/c1-12-14-15(21)17(19(25)27-20(3,4)5)28-18(14)23-13(2)16(12)26-11-10-24-8-6-22-7-9-24/h22H,6-11,21H2,1-5H3. The zero-order valence-corrected chi connectivity index (χ0v) is 18.2. The van der Waals surface area contributed by atoms with E-state index >= 15 is 0 Å². The number of nitrogens with zero attached hydrogens (tertiary/aromatic N) is 2. The van der Waals surface area contributed by atoms with E-state index in [2.05, 4.69) is 15.2 Å². The van der Waals surface area contributed by atoms with Crippen molar-refractivity contribution in [2.75, 3.05) is 45.1 Å². The van der Waals surface area contributed by atoms with Crippen molar-refractivity contribution in [3.63, 3.8) is 0 Å². The molecule has 0 aliphatic carbocycles. The fourth-order valence-corrected chi connectivity index (χ4v) is 4.44. The Morgan fingerprint density at radius 3 is 2.61 bits per heavy atom. The van der Waals surface area contributed by atoms with Crippen molar-refractivity contribution < 1.29 is 14.3 Å². The van der Waals surface area contributed by atoms with Crippen LogP contribution in [0, 0.1) is 13.8 Å². The number of anilines is 1. The van der Waals surface area contributed by atoms with E-state index in [1.807, 2.05) is 34.6 Å². The van der Waals surface area contributed by atoms with Gasteiger partial charge in [-0.1, -0.05) is 0 Å². The Morgan fingerprint density at radius 2 is 1.96 bits per heavy atom. The summed E-state index contributed by atoms with van der Waals surface area (Å²) in [5.41, 5.74) is 7.90. The van der Waals surface area contributed by atoms with Crippen molar-refractivity contribution in [2.45, 2.75) is 40.2 Å². The first kappa shape index (κ1) is 20.8. The molecule has 0 spiro atoms. The van der Waals surface area contributed by atoms with Crippen LogP contribution >= 0.6 is 11.3 Å². The molecule has 7 nitrogen and oxygen atoms in total. The number of hydrogen-bond acceptors (Lipinski definition) is 8. The van der Waals surface area contributed by atoms with Gasteiger partial charge in [-0.2, -0.15) is 0 Å². The number of nitrogens with two attached hydrogens (primary N) is 1. The van der Waals surface area contributed by atoms with Crippen LogP contribution in [0.15, 0.2) is 0 Å². The molecule has 1 saturated heterocycles.